The van der Waals surface area contributed by atoms with E-state index in [-0.39, 0.29) is 137 Å². The molecule has 0 spiro atoms. The van der Waals surface area contributed by atoms with Gasteiger partial charge in [-0.05, 0) is 43.0 Å². The number of H-pyrrole nitrogens is 1. The van der Waals surface area contributed by atoms with Crippen molar-refractivity contribution in [1.82, 2.24) is 65.1 Å². The van der Waals surface area contributed by atoms with Crippen LogP contribution < -0.4 is 25.9 Å². The summed E-state index contributed by atoms with van der Waals surface area (Å²) in [7, 11) is 1.20. The highest BCUT2D eigenvalue weighted by atomic mass is 19.3. The third kappa shape index (κ3) is 11.9. The van der Waals surface area contributed by atoms with E-state index in [0.29, 0.717) is 108 Å². The number of amides is 6. The maximum Gasteiger partial charge on any atom is 0.340 e. The highest BCUT2D eigenvalue weighted by Crippen LogP contribution is 2.70. The van der Waals surface area contributed by atoms with Crippen LogP contribution in [0.15, 0.2) is 48.9 Å². The zero-order valence-electron chi connectivity index (χ0n) is 47.3. The summed E-state index contributed by atoms with van der Waals surface area (Å²) in [4.78, 5) is 94.0. The van der Waals surface area contributed by atoms with Gasteiger partial charge in [0.2, 0.25) is 23.6 Å². The second kappa shape index (κ2) is 24.5. The first-order valence-corrected chi connectivity index (χ1v) is 28.7. The molecule has 4 bridgehead atoms. The first-order chi connectivity index (χ1) is 41.0. The van der Waals surface area contributed by atoms with Crippen LogP contribution in [0.1, 0.15) is 91.3 Å². The zero-order chi connectivity index (χ0) is 59.6. The standard InChI is InChI=1S/C57H67F3N14O11/c1-56-27-42-40(26-45(56)57(56,59)60)54(68-67-42)55(81)66-36-29-64-71(32-36)37-8-14-70(15-9-37)49(78)12-18-83-20-22-85-23-21-84-19-13-61-46(75)6-7-50(79)74-16-10-34(11-17-74)53-52-38(39-25-44-35(24-41(39)58)28-65-73(44)74)4-3-5-43(52)72(69-53)33-48(77)62-30-47(76)63-31-51(80)82-2/h3-5,24-25,28-29,32,34,37,45H,6-23,26-27,30-31,33H2,1-2H3,(H4-,61,62,63,66,67,68,75,76,77,81)/p+1/t34?,45-,56+,74?/m1/s1. The van der Waals surface area contributed by atoms with Gasteiger partial charge in [0, 0.05) is 96.4 Å². The van der Waals surface area contributed by atoms with Gasteiger partial charge in [-0.25, -0.2) is 18.0 Å². The number of carbonyl (C=O) groups is 7. The summed E-state index contributed by atoms with van der Waals surface area (Å²) in [5.74, 6) is -7.01. The molecule has 6 aromatic rings. The van der Waals surface area contributed by atoms with E-state index in [1.807, 2.05) is 0 Å². The van der Waals surface area contributed by atoms with Crippen molar-refractivity contribution in [2.45, 2.75) is 89.1 Å². The van der Waals surface area contributed by atoms with E-state index >= 15 is 4.39 Å². The highest BCUT2D eigenvalue weighted by Gasteiger charge is 2.78. The van der Waals surface area contributed by atoms with E-state index in [1.165, 1.54) is 17.9 Å². The van der Waals surface area contributed by atoms with Gasteiger partial charge in [-0.2, -0.15) is 15.3 Å². The van der Waals surface area contributed by atoms with E-state index in [2.05, 4.69) is 46.4 Å². The third-order valence-electron chi connectivity index (χ3n) is 17.4. The molecule has 4 aromatic heterocycles. The van der Waals surface area contributed by atoms with E-state index in [1.54, 1.807) is 64.2 Å². The summed E-state index contributed by atoms with van der Waals surface area (Å²) >= 11 is 0. The lowest BCUT2D eigenvalue weighted by atomic mass is 9.87. The van der Waals surface area contributed by atoms with Gasteiger partial charge >= 0.3 is 11.9 Å². The Labute approximate surface area is 485 Å². The number of likely N-dealkylation sites (tertiary alicyclic amines) is 1. The molecule has 2 aliphatic carbocycles. The number of aromatic nitrogens is 8. The number of nitrogens with one attached hydrogen (secondary N) is 5. The average Bonchev–Trinajstić information content (AvgIpc) is 1.53. The number of rotatable bonds is 24. The molecule has 25 nitrogen and oxygen atoms in total. The third-order valence-corrected chi connectivity index (χ3v) is 17.4. The molecule has 2 saturated heterocycles. The van der Waals surface area contributed by atoms with Crippen LogP contribution in [-0.2, 0) is 67.1 Å². The Morgan fingerprint density at radius 1 is 0.812 bits per heavy atom. The smallest absolute Gasteiger partial charge is 0.340 e. The fourth-order valence-corrected chi connectivity index (χ4v) is 12.5. The van der Waals surface area contributed by atoms with Gasteiger partial charge in [0.25, 0.3) is 11.8 Å². The first kappa shape index (κ1) is 58.7. The molecule has 452 valence electrons. The molecule has 12 rings (SSSR count). The monoisotopic (exact) mass is 1180 g/mol. The number of halogens is 3. The SMILES string of the molecule is COC(=O)CNC(=O)CNC(=O)Cn1nc2c3c(cccc31)-c1cc3c(cnn3[N+]3(C(=O)CCC(=O)NCCOCCOCCOCCC(=O)N4CCC(n5cc(NC(=O)c6n[nH]c7c6C[C@H]6C(F)(F)[C@@]6(C)C7)cn5)CC4)CCC2CC3)cc1F. The van der Waals surface area contributed by atoms with Crippen molar-refractivity contribution in [3.05, 3.63) is 77.4 Å². The summed E-state index contributed by atoms with van der Waals surface area (Å²) in [6.07, 6.45) is 7.45. The number of nitrogens with zero attached hydrogens (tertiary/aromatic N) is 9. The van der Waals surface area contributed by atoms with Gasteiger partial charge < -0.3 is 45.1 Å². The average molecular weight is 1180 g/mol. The molecule has 2 atom stereocenters. The number of benzene rings is 2. The van der Waals surface area contributed by atoms with Crippen molar-refractivity contribution in [1.29, 1.82) is 0 Å². The zero-order valence-corrected chi connectivity index (χ0v) is 47.3. The van der Waals surface area contributed by atoms with E-state index in [9.17, 15) is 42.3 Å². The molecular weight excluding hydrogens is 1110 g/mol. The van der Waals surface area contributed by atoms with Crippen LogP contribution in [0, 0.1) is 17.2 Å². The number of methoxy groups -OCH3 is 1. The van der Waals surface area contributed by atoms with Crippen molar-refractivity contribution < 1.29 is 65.7 Å². The Morgan fingerprint density at radius 3 is 2.32 bits per heavy atom. The van der Waals surface area contributed by atoms with Gasteiger partial charge in [0.05, 0.1) is 101 Å². The molecule has 1 saturated carbocycles. The highest BCUT2D eigenvalue weighted by molar-refractivity contribution is 6.04. The lowest BCUT2D eigenvalue weighted by molar-refractivity contribution is -0.142. The van der Waals surface area contributed by atoms with Crippen LogP contribution in [0.4, 0.5) is 18.9 Å². The Hall–Kier alpha value is -8.08. The Bertz CT molecular complexity index is 3540. The number of piperidine rings is 2. The quantitative estimate of drug-likeness (QED) is 0.0331. The lowest BCUT2D eigenvalue weighted by Crippen LogP contribution is -2.65. The molecule has 3 fully saturated rings. The van der Waals surface area contributed by atoms with Crippen LogP contribution >= 0.6 is 0 Å². The Balaban J connectivity index is 0.567. The van der Waals surface area contributed by atoms with Crippen LogP contribution in [0.25, 0.3) is 32.9 Å². The van der Waals surface area contributed by atoms with Crippen molar-refractivity contribution in [2.75, 3.05) is 97.9 Å². The van der Waals surface area contributed by atoms with E-state index in [0.717, 1.165) is 0 Å². The molecule has 8 heterocycles. The van der Waals surface area contributed by atoms with Gasteiger partial charge in [-0.3, -0.25) is 43.2 Å². The van der Waals surface area contributed by atoms with Gasteiger partial charge in [0.1, 0.15) is 37.5 Å². The Morgan fingerprint density at radius 2 is 1.55 bits per heavy atom. The molecular formula is C57H68F3N14O11+. The van der Waals surface area contributed by atoms with Gasteiger partial charge in [0.15, 0.2) is 5.69 Å². The maximum atomic E-state index is 16.2. The number of esters is 1. The predicted octanol–water partition coefficient (Wildman–Crippen LogP) is 3.20. The number of quaternary nitrogens is 1. The largest absolute Gasteiger partial charge is 0.468 e. The van der Waals surface area contributed by atoms with E-state index < -0.39 is 46.8 Å². The minimum Gasteiger partial charge on any atom is -0.468 e. The van der Waals surface area contributed by atoms with Crippen molar-refractivity contribution in [3.8, 4) is 11.1 Å². The molecule has 85 heavy (non-hydrogen) atoms. The normalized spacial score (nSPS) is 21.0. The first-order valence-electron chi connectivity index (χ1n) is 28.7. The van der Waals surface area contributed by atoms with Gasteiger partial charge in [-0.1, -0.05) is 23.8 Å². The number of anilines is 1. The summed E-state index contributed by atoms with van der Waals surface area (Å²) in [6, 6.07) is 8.47. The number of ether oxygens (including phenoxy) is 4. The molecule has 0 radical (unpaired) electrons. The van der Waals surface area contributed by atoms with Crippen LogP contribution in [-0.4, -0.2) is 184 Å². The lowest BCUT2D eigenvalue weighted by Gasteiger charge is -2.39. The number of alkyl halides is 2. The maximum absolute atomic E-state index is 16.2. The molecule has 0 unspecified atom stereocenters. The fourth-order valence-electron chi connectivity index (χ4n) is 12.5. The Kier molecular flexibility index (Phi) is 16.9. The van der Waals surface area contributed by atoms with Crippen LogP contribution in [0.2, 0.25) is 0 Å². The molecule has 4 aliphatic heterocycles. The molecule has 6 aliphatic rings. The number of hydrogen-bond acceptors (Lipinski definition) is 15. The van der Waals surface area contributed by atoms with Crippen molar-refractivity contribution >= 4 is 68.9 Å². The predicted molar refractivity (Wildman–Crippen MR) is 298 cm³/mol. The molecule has 28 heteroatoms. The summed E-state index contributed by atoms with van der Waals surface area (Å²) in [5.41, 5.74) is 3.26. The van der Waals surface area contributed by atoms with E-state index in [4.69, 9.17) is 19.3 Å². The number of fused-ring (bicyclic) bond motifs is 4. The fraction of sp³-hybridized carbons (Fsp3) is 0.526. The number of aromatic amines is 1. The molecule has 2 aromatic carbocycles. The summed E-state index contributed by atoms with van der Waals surface area (Å²) in [5, 5.41) is 32.7. The number of hydrogen-bond donors (Lipinski definition) is 5. The van der Waals surface area contributed by atoms with Gasteiger partial charge in [-0.15, -0.1) is 9.69 Å². The minimum absolute atomic E-state index is 0.0154. The second-order valence-corrected chi connectivity index (χ2v) is 22.6. The van der Waals surface area contributed by atoms with Crippen LogP contribution in [0.3, 0.4) is 0 Å². The van der Waals surface area contributed by atoms with Crippen molar-refractivity contribution in [2.24, 2.45) is 11.3 Å². The molecule has 6 amide bonds. The van der Waals surface area contributed by atoms with Crippen molar-refractivity contribution in [3.63, 3.8) is 0 Å². The molecule has 5 N–H and O–H groups in total. The summed E-state index contributed by atoms with van der Waals surface area (Å²) < 4.78 is 69.5. The summed E-state index contributed by atoms with van der Waals surface area (Å²) in [6.45, 7) is 4.12. The minimum atomic E-state index is -2.76. The van der Waals surface area contributed by atoms with Crippen LogP contribution in [0.5, 0.6) is 0 Å². The second-order valence-electron chi connectivity index (χ2n) is 22.6. The topological polar surface area (TPSA) is 290 Å². The number of carbonyl (C=O) groups excluding carboxylic acids is 7.